The van der Waals surface area contributed by atoms with Gasteiger partial charge < -0.3 is 9.47 Å². The molecular weight excluding hydrogens is 224 g/mol. The highest BCUT2D eigenvalue weighted by molar-refractivity contribution is 5.48. The number of hydrogen-bond donors (Lipinski definition) is 0. The predicted octanol–water partition coefficient (Wildman–Crippen LogP) is 3.21. The summed E-state index contributed by atoms with van der Waals surface area (Å²) in [5.41, 5.74) is 2.32. The van der Waals surface area contributed by atoms with E-state index in [-0.39, 0.29) is 0 Å². The molecule has 2 aromatic carbocycles. The van der Waals surface area contributed by atoms with E-state index in [1.54, 1.807) is 14.2 Å². The van der Waals surface area contributed by atoms with Crippen LogP contribution >= 0.6 is 0 Å². The van der Waals surface area contributed by atoms with Gasteiger partial charge in [0.15, 0.2) is 0 Å². The van der Waals surface area contributed by atoms with Crippen LogP contribution in [0.3, 0.4) is 0 Å². The number of hydrogen-bond acceptors (Lipinski definition) is 2. The van der Waals surface area contributed by atoms with Gasteiger partial charge in [0.2, 0.25) is 0 Å². The number of benzene rings is 2. The van der Waals surface area contributed by atoms with Gasteiger partial charge in [-0.3, -0.25) is 0 Å². The standard InChI is InChI=1S/C16H16O2/c1-9-5-7-11-12-8-6-10(2)16(18-4)14(12)13(11)15(9)17-3/h5-8H,1-4H3. The van der Waals surface area contributed by atoms with Gasteiger partial charge in [0, 0.05) is 10.4 Å². The molecule has 0 fully saturated rings. The highest BCUT2D eigenvalue weighted by atomic mass is 16.5. The van der Waals surface area contributed by atoms with Gasteiger partial charge in [0.25, 0.3) is 0 Å². The zero-order valence-corrected chi connectivity index (χ0v) is 11.1. The summed E-state index contributed by atoms with van der Waals surface area (Å²) in [4.78, 5) is 0. The Hall–Kier alpha value is -1.96. The second-order valence-electron chi connectivity index (χ2n) is 4.68. The maximum atomic E-state index is 5.55. The van der Waals surface area contributed by atoms with Crippen molar-refractivity contribution >= 4 is 0 Å². The zero-order valence-electron chi connectivity index (χ0n) is 11.1. The summed E-state index contributed by atoms with van der Waals surface area (Å²) in [6, 6.07) is 8.52. The van der Waals surface area contributed by atoms with Crippen LogP contribution in [0.4, 0.5) is 0 Å². The lowest BCUT2D eigenvalue weighted by Gasteiger charge is -2.15. The molecule has 0 radical (unpaired) electrons. The second kappa shape index (κ2) is 3.77. The molecule has 1 aliphatic rings. The van der Waals surface area contributed by atoms with Gasteiger partial charge in [0.1, 0.15) is 11.5 Å². The van der Waals surface area contributed by atoms with Crippen molar-refractivity contribution in [3.05, 3.63) is 56.3 Å². The summed E-state index contributed by atoms with van der Waals surface area (Å²) in [6.07, 6.45) is 0. The summed E-state index contributed by atoms with van der Waals surface area (Å²) in [5, 5.41) is 4.89. The molecule has 92 valence electrons. The Labute approximate surface area is 106 Å². The minimum absolute atomic E-state index is 0.962. The van der Waals surface area contributed by atoms with Crippen molar-refractivity contribution in [1.82, 2.24) is 0 Å². The van der Waals surface area contributed by atoms with Gasteiger partial charge in [-0.25, -0.2) is 0 Å². The summed E-state index contributed by atoms with van der Waals surface area (Å²) in [7, 11) is 3.45. The van der Waals surface area contributed by atoms with Crippen LogP contribution in [0, 0.1) is 34.7 Å². The van der Waals surface area contributed by atoms with Gasteiger partial charge in [-0.1, -0.05) is 24.3 Å². The van der Waals surface area contributed by atoms with Crippen LogP contribution in [0.25, 0.3) is 0 Å². The highest BCUT2D eigenvalue weighted by Gasteiger charge is 2.14. The Morgan fingerprint density at radius 3 is 1.39 bits per heavy atom. The number of fused-ring (bicyclic) bond motifs is 2. The quantitative estimate of drug-likeness (QED) is 0.684. The van der Waals surface area contributed by atoms with Crippen molar-refractivity contribution in [2.45, 2.75) is 13.8 Å². The molecule has 0 heterocycles. The normalized spacial score (nSPS) is 11.3. The number of ether oxygens (including phenoxy) is 2. The third-order valence-corrected chi connectivity index (χ3v) is 3.66. The van der Waals surface area contributed by atoms with Crippen molar-refractivity contribution in [2.24, 2.45) is 0 Å². The number of methoxy groups -OCH3 is 2. The van der Waals surface area contributed by atoms with Crippen molar-refractivity contribution in [1.29, 1.82) is 0 Å². The lowest BCUT2D eigenvalue weighted by Crippen LogP contribution is -2.01. The molecule has 0 N–H and O–H groups in total. The van der Waals surface area contributed by atoms with Crippen molar-refractivity contribution in [2.75, 3.05) is 14.2 Å². The summed E-state index contributed by atoms with van der Waals surface area (Å²) in [6.45, 7) is 4.14. The van der Waals surface area contributed by atoms with Crippen molar-refractivity contribution < 1.29 is 9.47 Å². The molecule has 3 rings (SSSR count). The molecule has 2 aromatic rings. The molecule has 0 amide bonds. The molecule has 0 aromatic heterocycles. The summed E-state index contributed by atoms with van der Waals surface area (Å²) >= 11 is 0. The van der Waals surface area contributed by atoms with Gasteiger partial charge in [0.05, 0.1) is 14.2 Å². The van der Waals surface area contributed by atoms with Gasteiger partial charge in [-0.15, -0.1) is 0 Å². The van der Waals surface area contributed by atoms with Crippen LogP contribution < -0.4 is 9.47 Å². The van der Waals surface area contributed by atoms with E-state index in [1.807, 2.05) is 0 Å². The molecule has 2 nitrogen and oxygen atoms in total. The molecule has 0 saturated carbocycles. The first-order valence-electron chi connectivity index (χ1n) is 6.05. The lowest BCUT2D eigenvalue weighted by atomic mass is 9.96. The Kier molecular flexibility index (Phi) is 2.34. The maximum Gasteiger partial charge on any atom is 0.130 e. The lowest BCUT2D eigenvalue weighted by molar-refractivity contribution is 0.399. The third kappa shape index (κ3) is 1.23. The van der Waals surface area contributed by atoms with Crippen LogP contribution in [0.15, 0.2) is 24.3 Å². The molecule has 0 atom stereocenters. The van der Waals surface area contributed by atoms with E-state index in [2.05, 4.69) is 38.1 Å². The topological polar surface area (TPSA) is 18.5 Å². The zero-order chi connectivity index (χ0) is 12.9. The van der Waals surface area contributed by atoms with Crippen molar-refractivity contribution in [3.63, 3.8) is 0 Å². The van der Waals surface area contributed by atoms with Crippen LogP contribution in [0.5, 0.6) is 11.5 Å². The van der Waals surface area contributed by atoms with E-state index in [9.17, 15) is 0 Å². The largest absolute Gasteiger partial charge is 0.496 e. The van der Waals surface area contributed by atoms with E-state index < -0.39 is 0 Å². The Morgan fingerprint density at radius 2 is 1.06 bits per heavy atom. The van der Waals surface area contributed by atoms with Gasteiger partial charge >= 0.3 is 0 Å². The third-order valence-electron chi connectivity index (χ3n) is 3.66. The fourth-order valence-electron chi connectivity index (χ4n) is 2.78. The summed E-state index contributed by atoms with van der Waals surface area (Å²) in [5.74, 6) is 1.92. The smallest absolute Gasteiger partial charge is 0.130 e. The first kappa shape index (κ1) is 11.1. The Balaban J connectivity index is 2.59. The number of rotatable bonds is 2. The van der Waals surface area contributed by atoms with E-state index in [0.29, 0.717) is 0 Å². The molecule has 0 aliphatic heterocycles. The summed E-state index contributed by atoms with van der Waals surface area (Å²) < 4.78 is 11.1. The predicted molar refractivity (Wildman–Crippen MR) is 70.8 cm³/mol. The van der Waals surface area contributed by atoms with Crippen LogP contribution in [-0.4, -0.2) is 14.2 Å². The Bertz CT molecular complexity index is 750. The minimum Gasteiger partial charge on any atom is -0.496 e. The van der Waals surface area contributed by atoms with Crippen LogP contribution in [-0.2, 0) is 0 Å². The molecule has 2 heteroatoms. The van der Waals surface area contributed by atoms with Gasteiger partial charge in [-0.2, -0.15) is 0 Å². The van der Waals surface area contributed by atoms with Crippen LogP contribution in [0.1, 0.15) is 11.1 Å². The van der Waals surface area contributed by atoms with E-state index in [0.717, 1.165) is 22.6 Å². The molecule has 0 saturated heterocycles. The Morgan fingerprint density at radius 1 is 0.667 bits per heavy atom. The fraction of sp³-hybridized carbons (Fsp3) is 0.250. The molecule has 0 bridgehead atoms. The van der Waals surface area contributed by atoms with Gasteiger partial charge in [-0.05, 0) is 35.4 Å². The van der Waals surface area contributed by atoms with Crippen molar-refractivity contribution in [3.8, 4) is 11.5 Å². The first-order valence-corrected chi connectivity index (χ1v) is 6.05. The molecular formula is C16H16O2. The highest BCUT2D eigenvalue weighted by Crippen LogP contribution is 2.31. The van der Waals surface area contributed by atoms with E-state index >= 15 is 0 Å². The van der Waals surface area contributed by atoms with E-state index in [4.69, 9.17) is 9.47 Å². The average Bonchev–Trinajstić information content (AvgIpc) is 2.36. The molecule has 18 heavy (non-hydrogen) atoms. The SMILES string of the molecule is COc1c(C)ccc2c1=c1c(OC)c(C)ccc1=2. The fourth-order valence-corrected chi connectivity index (χ4v) is 2.78. The average molecular weight is 240 g/mol. The minimum atomic E-state index is 0.962. The molecule has 1 aliphatic carbocycles. The van der Waals surface area contributed by atoms with Crippen LogP contribution in [0.2, 0.25) is 0 Å². The molecule has 0 spiro atoms. The van der Waals surface area contributed by atoms with E-state index in [1.165, 1.54) is 20.9 Å². The monoisotopic (exact) mass is 240 g/mol. The first-order chi connectivity index (χ1) is 8.69. The molecule has 0 unspecified atom stereocenters. The number of aryl methyl sites for hydroxylation is 2. The second-order valence-corrected chi connectivity index (χ2v) is 4.68. The maximum absolute atomic E-state index is 5.55.